The van der Waals surface area contributed by atoms with Gasteiger partial charge in [0.2, 0.25) is 0 Å². The first kappa shape index (κ1) is 17.2. The largest absolute Gasteiger partial charge is 0.481 e. The van der Waals surface area contributed by atoms with Crippen LogP contribution in [0.1, 0.15) is 62.8 Å². The highest BCUT2D eigenvalue weighted by molar-refractivity contribution is 9.09. The van der Waals surface area contributed by atoms with Gasteiger partial charge >= 0.3 is 5.97 Å². The number of carboxylic acid groups (broad SMARTS) is 1. The van der Waals surface area contributed by atoms with Crippen LogP contribution in [0.4, 0.5) is 0 Å². The van der Waals surface area contributed by atoms with Crippen molar-refractivity contribution < 1.29 is 9.90 Å². The van der Waals surface area contributed by atoms with Crippen LogP contribution in [0.2, 0.25) is 0 Å². The first-order valence-corrected chi connectivity index (χ1v) is 8.71. The zero-order chi connectivity index (χ0) is 14.6. The Kier molecular flexibility index (Phi) is 9.38. The lowest BCUT2D eigenvalue weighted by Gasteiger charge is -2.12. The molecule has 1 N–H and O–H groups in total. The number of rotatable bonds is 11. The highest BCUT2D eigenvalue weighted by Crippen LogP contribution is 2.23. The molecule has 1 unspecified atom stereocenters. The highest BCUT2D eigenvalue weighted by Gasteiger charge is 2.18. The van der Waals surface area contributed by atoms with Crippen molar-refractivity contribution in [1.29, 1.82) is 0 Å². The van der Waals surface area contributed by atoms with E-state index in [0.717, 1.165) is 30.2 Å². The van der Waals surface area contributed by atoms with Gasteiger partial charge in [-0.15, -0.1) is 0 Å². The molecule has 20 heavy (non-hydrogen) atoms. The Labute approximate surface area is 130 Å². The Morgan fingerprint density at radius 1 is 0.950 bits per heavy atom. The molecule has 0 aliphatic carbocycles. The zero-order valence-electron chi connectivity index (χ0n) is 12.1. The molecule has 0 saturated carbocycles. The van der Waals surface area contributed by atoms with Crippen molar-refractivity contribution in [2.45, 2.75) is 57.3 Å². The number of halogens is 1. The Morgan fingerprint density at radius 2 is 1.50 bits per heavy atom. The lowest BCUT2D eigenvalue weighted by molar-refractivity contribution is -0.139. The van der Waals surface area contributed by atoms with Crippen LogP contribution in [-0.4, -0.2) is 16.4 Å². The first-order valence-electron chi connectivity index (χ1n) is 7.59. The van der Waals surface area contributed by atoms with Gasteiger partial charge in [0.05, 0.1) is 5.92 Å². The minimum absolute atomic E-state index is 0.343. The van der Waals surface area contributed by atoms with Gasteiger partial charge in [0.1, 0.15) is 0 Å². The van der Waals surface area contributed by atoms with Crippen LogP contribution in [0.25, 0.3) is 0 Å². The molecular formula is C17H25BrO2. The van der Waals surface area contributed by atoms with E-state index in [1.54, 1.807) is 0 Å². The van der Waals surface area contributed by atoms with Gasteiger partial charge < -0.3 is 5.11 Å². The summed E-state index contributed by atoms with van der Waals surface area (Å²) >= 11 is 3.44. The fourth-order valence-electron chi connectivity index (χ4n) is 2.44. The van der Waals surface area contributed by atoms with Crippen LogP contribution in [0.15, 0.2) is 30.3 Å². The van der Waals surface area contributed by atoms with E-state index in [2.05, 4.69) is 15.9 Å². The van der Waals surface area contributed by atoms with Crippen molar-refractivity contribution in [3.63, 3.8) is 0 Å². The molecule has 1 aromatic carbocycles. The number of hydrogen-bond acceptors (Lipinski definition) is 1. The van der Waals surface area contributed by atoms with Gasteiger partial charge in [-0.1, -0.05) is 84.8 Å². The second-order valence-corrected chi connectivity index (χ2v) is 6.05. The van der Waals surface area contributed by atoms with Crippen LogP contribution in [0.3, 0.4) is 0 Å². The van der Waals surface area contributed by atoms with Gasteiger partial charge in [-0.25, -0.2) is 0 Å². The minimum atomic E-state index is -0.700. The molecule has 0 heterocycles. The van der Waals surface area contributed by atoms with Crippen LogP contribution >= 0.6 is 15.9 Å². The summed E-state index contributed by atoms with van der Waals surface area (Å²) in [5, 5.41) is 10.4. The maximum atomic E-state index is 11.3. The monoisotopic (exact) mass is 340 g/mol. The van der Waals surface area contributed by atoms with E-state index in [1.165, 1.54) is 32.1 Å². The predicted molar refractivity (Wildman–Crippen MR) is 87.5 cm³/mol. The minimum Gasteiger partial charge on any atom is -0.481 e. The molecule has 1 atom stereocenters. The first-order chi connectivity index (χ1) is 9.75. The van der Waals surface area contributed by atoms with Gasteiger partial charge in [0.15, 0.2) is 0 Å². The molecule has 1 rings (SSSR count). The molecule has 0 bridgehead atoms. The van der Waals surface area contributed by atoms with E-state index < -0.39 is 5.97 Å². The Balaban J connectivity index is 2.19. The van der Waals surface area contributed by atoms with E-state index in [9.17, 15) is 9.90 Å². The number of carboxylic acids is 1. The Morgan fingerprint density at radius 3 is 2.05 bits per heavy atom. The number of alkyl halides is 1. The highest BCUT2D eigenvalue weighted by atomic mass is 79.9. The smallest absolute Gasteiger partial charge is 0.310 e. The topological polar surface area (TPSA) is 37.3 Å². The molecular weight excluding hydrogens is 316 g/mol. The van der Waals surface area contributed by atoms with Crippen LogP contribution in [0.5, 0.6) is 0 Å². The summed E-state index contributed by atoms with van der Waals surface area (Å²) in [6.45, 7) is 0. The second kappa shape index (κ2) is 10.9. The number of aliphatic carboxylic acids is 1. The normalized spacial score (nSPS) is 12.2. The fourth-order valence-corrected chi connectivity index (χ4v) is 2.84. The van der Waals surface area contributed by atoms with Crippen molar-refractivity contribution in [2.24, 2.45) is 0 Å². The van der Waals surface area contributed by atoms with Crippen molar-refractivity contribution in [2.75, 3.05) is 5.33 Å². The molecule has 1 aromatic rings. The molecule has 0 fully saturated rings. The van der Waals surface area contributed by atoms with Crippen LogP contribution < -0.4 is 0 Å². The van der Waals surface area contributed by atoms with E-state index >= 15 is 0 Å². The van der Waals surface area contributed by atoms with Crippen molar-refractivity contribution in [1.82, 2.24) is 0 Å². The molecule has 0 radical (unpaired) electrons. The third-order valence-corrected chi connectivity index (χ3v) is 4.19. The third-order valence-electron chi connectivity index (χ3n) is 3.63. The predicted octanol–water partition coefficient (Wildman–Crippen LogP) is 5.37. The average molecular weight is 341 g/mol. The van der Waals surface area contributed by atoms with Crippen molar-refractivity contribution in [3.05, 3.63) is 35.9 Å². The molecule has 0 spiro atoms. The summed E-state index contributed by atoms with van der Waals surface area (Å²) in [4.78, 5) is 11.3. The molecule has 0 amide bonds. The maximum Gasteiger partial charge on any atom is 0.310 e. The SMILES string of the molecule is O=C(O)C(CCCCCCCCCBr)c1ccccc1. The van der Waals surface area contributed by atoms with Gasteiger partial charge in [-0.2, -0.15) is 0 Å². The fraction of sp³-hybridized carbons (Fsp3) is 0.588. The van der Waals surface area contributed by atoms with E-state index in [1.807, 2.05) is 30.3 Å². The summed E-state index contributed by atoms with van der Waals surface area (Å²) in [5.41, 5.74) is 0.928. The lowest BCUT2D eigenvalue weighted by Crippen LogP contribution is -2.11. The Hall–Kier alpha value is -0.830. The van der Waals surface area contributed by atoms with Crippen LogP contribution in [-0.2, 0) is 4.79 Å². The van der Waals surface area contributed by atoms with E-state index in [4.69, 9.17) is 0 Å². The number of benzene rings is 1. The van der Waals surface area contributed by atoms with Gasteiger partial charge in [-0.3, -0.25) is 4.79 Å². The molecule has 0 aliphatic heterocycles. The Bertz CT molecular complexity index is 365. The number of hydrogen-bond donors (Lipinski definition) is 1. The zero-order valence-corrected chi connectivity index (χ0v) is 13.6. The summed E-state index contributed by atoms with van der Waals surface area (Å²) < 4.78 is 0. The summed E-state index contributed by atoms with van der Waals surface area (Å²) in [6.07, 6.45) is 9.25. The number of carbonyl (C=O) groups is 1. The summed E-state index contributed by atoms with van der Waals surface area (Å²) in [6, 6.07) is 9.58. The number of unbranched alkanes of at least 4 members (excludes halogenated alkanes) is 6. The average Bonchev–Trinajstić information content (AvgIpc) is 2.46. The maximum absolute atomic E-state index is 11.3. The van der Waals surface area contributed by atoms with Gasteiger partial charge in [0, 0.05) is 5.33 Å². The molecule has 3 heteroatoms. The van der Waals surface area contributed by atoms with Gasteiger partial charge in [0.25, 0.3) is 0 Å². The lowest BCUT2D eigenvalue weighted by atomic mass is 9.93. The molecule has 0 aliphatic rings. The quantitative estimate of drug-likeness (QED) is 0.434. The van der Waals surface area contributed by atoms with Crippen molar-refractivity contribution >= 4 is 21.9 Å². The summed E-state index contributed by atoms with van der Waals surface area (Å²) in [7, 11) is 0. The molecule has 0 aromatic heterocycles. The van der Waals surface area contributed by atoms with Crippen molar-refractivity contribution in [3.8, 4) is 0 Å². The molecule has 0 saturated heterocycles. The van der Waals surface area contributed by atoms with E-state index in [0.29, 0.717) is 0 Å². The molecule has 2 nitrogen and oxygen atoms in total. The van der Waals surface area contributed by atoms with Gasteiger partial charge in [-0.05, 0) is 18.4 Å². The van der Waals surface area contributed by atoms with Crippen LogP contribution in [0, 0.1) is 0 Å². The standard InChI is InChI=1S/C17H25BrO2/c18-14-10-5-3-1-2-4-9-13-16(17(19)20)15-11-7-6-8-12-15/h6-8,11-12,16H,1-5,9-10,13-14H2,(H,19,20). The second-order valence-electron chi connectivity index (χ2n) is 5.25. The summed E-state index contributed by atoms with van der Waals surface area (Å²) in [5.74, 6) is -1.04. The van der Waals surface area contributed by atoms with E-state index in [-0.39, 0.29) is 5.92 Å². The third kappa shape index (κ3) is 7.09. The molecule has 112 valence electrons.